The number of aromatic hydroxyl groups is 1. The minimum atomic E-state index is -0.269. The number of anilines is 2. The van der Waals surface area contributed by atoms with Gasteiger partial charge in [0.1, 0.15) is 11.5 Å². The van der Waals surface area contributed by atoms with Crippen LogP contribution in [0.15, 0.2) is 18.3 Å². The number of benzene rings is 1. The van der Waals surface area contributed by atoms with Gasteiger partial charge in [-0.1, -0.05) is 13.0 Å². The first-order chi connectivity index (χ1) is 15.8. The van der Waals surface area contributed by atoms with E-state index in [1.54, 1.807) is 6.20 Å². The summed E-state index contributed by atoms with van der Waals surface area (Å²) in [4.78, 5) is 31.1. The van der Waals surface area contributed by atoms with Gasteiger partial charge in [-0.15, -0.1) is 11.3 Å². The minimum absolute atomic E-state index is 0.0131. The van der Waals surface area contributed by atoms with Crippen molar-refractivity contribution < 1.29 is 14.7 Å². The molecule has 1 amide bonds. The lowest BCUT2D eigenvalue weighted by Crippen LogP contribution is -2.44. The number of rotatable bonds is 5. The van der Waals surface area contributed by atoms with E-state index in [4.69, 9.17) is 0 Å². The number of carbonyl (C=O) groups excluding carboxylic acids is 2. The standard InChI is InChI=1S/C26H33N3O3S/c1-14-13-28-25(33-14)29-22(32)9-4-15-12-21(31)26(2)11-10-17-16-7-8-20(30)24(27-3)19(16)6-5-18(17)23(15)26/h7-8,13,15,17-18,23,27,30H,4-6,9-12H2,1-3H3,(H,28,29,32). The Morgan fingerprint density at radius 1 is 1.33 bits per heavy atom. The Balaban J connectivity index is 1.36. The van der Waals surface area contributed by atoms with E-state index in [1.807, 2.05) is 20.0 Å². The van der Waals surface area contributed by atoms with Gasteiger partial charge in [-0.2, -0.15) is 0 Å². The molecule has 0 aliphatic heterocycles. The van der Waals surface area contributed by atoms with Crippen molar-refractivity contribution in [3.05, 3.63) is 34.3 Å². The number of ketones is 1. The first kappa shape index (κ1) is 22.4. The summed E-state index contributed by atoms with van der Waals surface area (Å²) in [5.41, 5.74) is 3.16. The molecular formula is C26H33N3O3S. The molecule has 1 aromatic carbocycles. The molecule has 3 aliphatic carbocycles. The number of aromatic nitrogens is 1. The van der Waals surface area contributed by atoms with Crippen molar-refractivity contribution in [3.8, 4) is 5.75 Å². The van der Waals surface area contributed by atoms with Crippen LogP contribution in [0, 0.1) is 30.1 Å². The van der Waals surface area contributed by atoms with Crippen LogP contribution in [-0.2, 0) is 16.0 Å². The van der Waals surface area contributed by atoms with Crippen LogP contribution in [0.4, 0.5) is 10.8 Å². The Morgan fingerprint density at radius 2 is 2.15 bits per heavy atom. The summed E-state index contributed by atoms with van der Waals surface area (Å²) in [6.07, 6.45) is 7.41. The summed E-state index contributed by atoms with van der Waals surface area (Å²) < 4.78 is 0. The number of Topliss-reactive ketones (excluding diaryl/α,β-unsaturated/α-hetero) is 1. The molecule has 0 saturated heterocycles. The Bertz CT molecular complexity index is 1100. The fourth-order valence-electron chi connectivity index (χ4n) is 7.17. The average Bonchev–Trinajstić information content (AvgIpc) is 3.31. The second-order valence-corrected chi connectivity index (χ2v) is 11.6. The number of aryl methyl sites for hydroxylation is 1. The van der Waals surface area contributed by atoms with Gasteiger partial charge in [-0.25, -0.2) is 4.98 Å². The van der Waals surface area contributed by atoms with Crippen molar-refractivity contribution >= 4 is 33.8 Å². The number of phenolic OH excluding ortho intramolecular Hbond substituents is 1. The van der Waals surface area contributed by atoms with E-state index in [2.05, 4.69) is 28.6 Å². The Hall–Kier alpha value is -2.41. The maximum atomic E-state index is 13.2. The lowest BCUT2D eigenvalue weighted by Gasteiger charge is -2.50. The highest BCUT2D eigenvalue weighted by Crippen LogP contribution is 2.62. The molecule has 1 aromatic heterocycles. The van der Waals surface area contributed by atoms with E-state index >= 15 is 0 Å². The highest BCUT2D eigenvalue weighted by molar-refractivity contribution is 7.15. The van der Waals surface area contributed by atoms with Gasteiger partial charge in [0.05, 0.1) is 5.69 Å². The smallest absolute Gasteiger partial charge is 0.226 e. The van der Waals surface area contributed by atoms with E-state index in [0.29, 0.717) is 47.3 Å². The third-order valence-corrected chi connectivity index (χ3v) is 9.42. The Labute approximate surface area is 199 Å². The molecule has 3 aliphatic rings. The fraction of sp³-hybridized carbons (Fsp3) is 0.577. The second kappa shape index (κ2) is 8.42. The molecule has 2 aromatic rings. The van der Waals surface area contributed by atoms with Crippen LogP contribution < -0.4 is 10.6 Å². The highest BCUT2D eigenvalue weighted by atomic mass is 32.1. The maximum Gasteiger partial charge on any atom is 0.226 e. The van der Waals surface area contributed by atoms with Crippen molar-refractivity contribution in [2.45, 2.75) is 64.7 Å². The van der Waals surface area contributed by atoms with Crippen molar-refractivity contribution in [1.29, 1.82) is 0 Å². The van der Waals surface area contributed by atoms with Crippen molar-refractivity contribution in [1.82, 2.24) is 4.98 Å². The molecule has 0 spiro atoms. The SMILES string of the molecule is CNc1c(O)ccc2c1CCC1C2CCC2(C)C(=O)CC(CCC(=O)Nc3ncc(C)s3)C12. The molecule has 2 saturated carbocycles. The lowest BCUT2D eigenvalue weighted by molar-refractivity contribution is -0.129. The highest BCUT2D eigenvalue weighted by Gasteiger charge is 2.58. The molecule has 3 N–H and O–H groups in total. The van der Waals surface area contributed by atoms with Gasteiger partial charge in [0.15, 0.2) is 5.13 Å². The summed E-state index contributed by atoms with van der Waals surface area (Å²) in [6, 6.07) is 3.91. The Morgan fingerprint density at radius 3 is 2.88 bits per heavy atom. The molecule has 2 fully saturated rings. The number of amides is 1. The van der Waals surface area contributed by atoms with Crippen molar-refractivity contribution in [2.24, 2.45) is 23.2 Å². The average molecular weight is 468 g/mol. The molecule has 5 unspecified atom stereocenters. The quantitative estimate of drug-likeness (QED) is 0.521. The zero-order valence-corrected chi connectivity index (χ0v) is 20.4. The van der Waals surface area contributed by atoms with Crippen LogP contribution >= 0.6 is 11.3 Å². The van der Waals surface area contributed by atoms with Crippen molar-refractivity contribution in [2.75, 3.05) is 17.7 Å². The monoisotopic (exact) mass is 467 g/mol. The maximum absolute atomic E-state index is 13.2. The number of hydrogen-bond donors (Lipinski definition) is 3. The predicted molar refractivity (Wildman–Crippen MR) is 131 cm³/mol. The molecule has 0 radical (unpaired) electrons. The van der Waals surface area contributed by atoms with Gasteiger partial charge in [0, 0.05) is 36.4 Å². The zero-order valence-electron chi connectivity index (χ0n) is 19.6. The fourth-order valence-corrected chi connectivity index (χ4v) is 7.85. The third kappa shape index (κ3) is 3.74. The predicted octanol–water partition coefficient (Wildman–Crippen LogP) is 5.27. The van der Waals surface area contributed by atoms with E-state index in [-0.39, 0.29) is 17.2 Å². The summed E-state index contributed by atoms with van der Waals surface area (Å²) in [5.74, 6) is 2.12. The number of hydrogen-bond acceptors (Lipinski definition) is 6. The van der Waals surface area contributed by atoms with E-state index in [0.717, 1.165) is 42.7 Å². The van der Waals surface area contributed by atoms with Gasteiger partial charge in [-0.3, -0.25) is 9.59 Å². The van der Waals surface area contributed by atoms with Gasteiger partial charge in [-0.05, 0) is 79.9 Å². The number of nitrogens with one attached hydrogen (secondary N) is 2. The number of thiazole rings is 1. The van der Waals surface area contributed by atoms with Crippen LogP contribution in [-0.4, -0.2) is 28.8 Å². The Kier molecular flexibility index (Phi) is 5.71. The van der Waals surface area contributed by atoms with Gasteiger partial charge in [0.2, 0.25) is 5.91 Å². The van der Waals surface area contributed by atoms with Crippen LogP contribution in [0.25, 0.3) is 0 Å². The molecule has 0 bridgehead atoms. The first-order valence-corrected chi connectivity index (χ1v) is 12.9. The van der Waals surface area contributed by atoms with Crippen molar-refractivity contribution in [3.63, 3.8) is 0 Å². The van der Waals surface area contributed by atoms with Crippen LogP contribution in [0.3, 0.4) is 0 Å². The van der Waals surface area contributed by atoms with Crippen LogP contribution in [0.1, 0.15) is 67.4 Å². The van der Waals surface area contributed by atoms with E-state index < -0.39 is 0 Å². The first-order valence-electron chi connectivity index (χ1n) is 12.1. The van der Waals surface area contributed by atoms with E-state index in [1.165, 1.54) is 22.5 Å². The number of fused-ring (bicyclic) bond motifs is 5. The molecule has 7 heteroatoms. The van der Waals surface area contributed by atoms with Gasteiger partial charge < -0.3 is 15.7 Å². The summed E-state index contributed by atoms with van der Waals surface area (Å²) in [6.45, 7) is 4.15. The zero-order chi connectivity index (χ0) is 23.3. The minimum Gasteiger partial charge on any atom is -0.506 e. The summed E-state index contributed by atoms with van der Waals surface area (Å²) in [7, 11) is 1.86. The summed E-state index contributed by atoms with van der Waals surface area (Å²) >= 11 is 1.48. The molecule has 176 valence electrons. The summed E-state index contributed by atoms with van der Waals surface area (Å²) in [5, 5.41) is 17.1. The topological polar surface area (TPSA) is 91.3 Å². The number of nitrogens with zero attached hydrogens (tertiary/aromatic N) is 1. The molecule has 33 heavy (non-hydrogen) atoms. The number of phenols is 1. The molecule has 5 rings (SSSR count). The van der Waals surface area contributed by atoms with Crippen LogP contribution in [0.5, 0.6) is 5.75 Å². The molecule has 5 atom stereocenters. The second-order valence-electron chi connectivity index (χ2n) is 10.3. The van der Waals surface area contributed by atoms with Gasteiger partial charge >= 0.3 is 0 Å². The van der Waals surface area contributed by atoms with Crippen LogP contribution in [0.2, 0.25) is 0 Å². The lowest BCUT2D eigenvalue weighted by atomic mass is 9.54. The normalized spacial score (nSPS) is 30.3. The van der Waals surface area contributed by atoms with E-state index in [9.17, 15) is 14.7 Å². The third-order valence-electron chi connectivity index (χ3n) is 8.60. The number of carbonyl (C=O) groups is 2. The largest absolute Gasteiger partial charge is 0.506 e. The molecule has 1 heterocycles. The molecular weight excluding hydrogens is 434 g/mol. The molecule has 6 nitrogen and oxygen atoms in total. The van der Waals surface area contributed by atoms with Gasteiger partial charge in [0.25, 0.3) is 0 Å².